The second-order valence-corrected chi connectivity index (χ2v) is 4.60. The van der Waals surface area contributed by atoms with Crippen LogP contribution in [0.15, 0.2) is 16.6 Å². The van der Waals surface area contributed by atoms with Crippen LogP contribution in [0.4, 0.5) is 15.8 Å². The first kappa shape index (κ1) is 14.4. The highest BCUT2D eigenvalue weighted by Gasteiger charge is 2.22. The number of nitro benzene ring substituents is 1. The molecule has 98 valence electrons. The third kappa shape index (κ3) is 3.66. The Kier molecular flexibility index (Phi) is 4.60. The van der Waals surface area contributed by atoms with E-state index in [0.29, 0.717) is 4.47 Å². The Balaban J connectivity index is 3.07. The summed E-state index contributed by atoms with van der Waals surface area (Å²) in [5.74, 6) is -2.03. The molecule has 0 fully saturated rings. The molecule has 1 unspecified atom stereocenters. The molecular weight excluding hydrogens is 311 g/mol. The van der Waals surface area contributed by atoms with Crippen LogP contribution in [0.25, 0.3) is 0 Å². The number of carboxylic acid groups (broad SMARTS) is 1. The Morgan fingerprint density at radius 2 is 2.28 bits per heavy atom. The molecule has 0 spiro atoms. The molecule has 8 heteroatoms. The van der Waals surface area contributed by atoms with Gasteiger partial charge < -0.3 is 10.4 Å². The van der Waals surface area contributed by atoms with Gasteiger partial charge in [-0.05, 0) is 19.1 Å². The fourth-order valence-electron chi connectivity index (χ4n) is 1.44. The Labute approximate surface area is 110 Å². The summed E-state index contributed by atoms with van der Waals surface area (Å²) >= 11 is 3.02. The number of nitro groups is 1. The van der Waals surface area contributed by atoms with Crippen molar-refractivity contribution in [3.05, 3.63) is 32.5 Å². The van der Waals surface area contributed by atoms with E-state index in [2.05, 4.69) is 21.2 Å². The number of carbonyl (C=O) groups is 1. The van der Waals surface area contributed by atoms with Gasteiger partial charge >= 0.3 is 11.7 Å². The number of carboxylic acids is 1. The highest BCUT2D eigenvalue weighted by atomic mass is 79.9. The predicted octanol–water partition coefficient (Wildman–Crippen LogP) is 2.77. The Hall–Kier alpha value is -1.70. The summed E-state index contributed by atoms with van der Waals surface area (Å²) < 4.78 is 13.8. The lowest BCUT2D eigenvalue weighted by Crippen LogP contribution is -2.20. The Morgan fingerprint density at radius 3 is 2.78 bits per heavy atom. The third-order valence-electron chi connectivity index (χ3n) is 2.09. The number of hydrogen-bond donors (Lipinski definition) is 2. The van der Waals surface area contributed by atoms with E-state index < -0.39 is 28.4 Å². The fraction of sp³-hybridized carbons (Fsp3) is 0.300. The van der Waals surface area contributed by atoms with E-state index in [1.807, 2.05) is 0 Å². The van der Waals surface area contributed by atoms with Gasteiger partial charge in [0.1, 0.15) is 5.69 Å². The van der Waals surface area contributed by atoms with Crippen LogP contribution < -0.4 is 5.32 Å². The van der Waals surface area contributed by atoms with Gasteiger partial charge in [-0.1, -0.05) is 15.9 Å². The van der Waals surface area contributed by atoms with Gasteiger partial charge in [-0.3, -0.25) is 14.9 Å². The van der Waals surface area contributed by atoms with Gasteiger partial charge in [0.15, 0.2) is 0 Å². The first-order valence-corrected chi connectivity index (χ1v) is 5.72. The molecule has 2 N–H and O–H groups in total. The van der Waals surface area contributed by atoms with Crippen LogP contribution in [-0.4, -0.2) is 22.0 Å². The standard InChI is InChI=1S/C10H10BrFN2O4/c1-5(2-9(15)16)13-8-4-6(11)3-7(12)10(8)14(17)18/h3-5,13H,2H2,1H3,(H,15,16). The number of hydrogen-bond acceptors (Lipinski definition) is 4. The molecule has 0 saturated heterocycles. The second-order valence-electron chi connectivity index (χ2n) is 3.68. The SMILES string of the molecule is CC(CC(=O)O)Nc1cc(Br)cc(F)c1[N+](=O)[O-]. The summed E-state index contributed by atoms with van der Waals surface area (Å²) in [6.45, 7) is 1.54. The molecule has 6 nitrogen and oxygen atoms in total. The van der Waals surface area contributed by atoms with E-state index in [1.54, 1.807) is 0 Å². The maximum Gasteiger partial charge on any atom is 0.327 e. The number of nitrogens with zero attached hydrogens (tertiary/aromatic N) is 1. The van der Waals surface area contributed by atoms with Crippen LogP contribution in [0.2, 0.25) is 0 Å². The molecule has 1 aromatic carbocycles. The number of halogens is 2. The van der Waals surface area contributed by atoms with Crippen molar-refractivity contribution < 1.29 is 19.2 Å². The summed E-state index contributed by atoms with van der Waals surface area (Å²) in [7, 11) is 0. The number of rotatable bonds is 5. The molecule has 1 aromatic rings. The molecule has 0 radical (unpaired) electrons. The largest absolute Gasteiger partial charge is 0.481 e. The van der Waals surface area contributed by atoms with Crippen LogP contribution in [0.1, 0.15) is 13.3 Å². The highest BCUT2D eigenvalue weighted by molar-refractivity contribution is 9.10. The highest BCUT2D eigenvalue weighted by Crippen LogP contribution is 2.32. The van der Waals surface area contributed by atoms with E-state index >= 15 is 0 Å². The lowest BCUT2D eigenvalue weighted by Gasteiger charge is -2.13. The van der Waals surface area contributed by atoms with Crippen molar-refractivity contribution in [2.75, 3.05) is 5.32 Å². The van der Waals surface area contributed by atoms with Crippen molar-refractivity contribution in [3.63, 3.8) is 0 Å². The third-order valence-corrected chi connectivity index (χ3v) is 2.55. The molecule has 0 aromatic heterocycles. The molecule has 18 heavy (non-hydrogen) atoms. The van der Waals surface area contributed by atoms with E-state index in [1.165, 1.54) is 13.0 Å². The van der Waals surface area contributed by atoms with Crippen molar-refractivity contribution >= 4 is 33.3 Å². The first-order valence-electron chi connectivity index (χ1n) is 4.93. The predicted molar refractivity (Wildman–Crippen MR) is 66.1 cm³/mol. The number of anilines is 1. The van der Waals surface area contributed by atoms with Crippen LogP contribution in [0, 0.1) is 15.9 Å². The second kappa shape index (κ2) is 5.76. The minimum Gasteiger partial charge on any atom is -0.481 e. The molecule has 0 bridgehead atoms. The Morgan fingerprint density at radius 1 is 1.67 bits per heavy atom. The molecule has 0 saturated carbocycles. The number of nitrogens with one attached hydrogen (secondary N) is 1. The van der Waals surface area contributed by atoms with Crippen molar-refractivity contribution in [2.45, 2.75) is 19.4 Å². The zero-order chi connectivity index (χ0) is 13.9. The normalized spacial score (nSPS) is 11.9. The lowest BCUT2D eigenvalue weighted by atomic mass is 10.2. The zero-order valence-corrected chi connectivity index (χ0v) is 10.9. The van der Waals surface area contributed by atoms with Gasteiger partial charge in [-0.2, -0.15) is 4.39 Å². The maximum atomic E-state index is 13.4. The average Bonchev–Trinajstić information content (AvgIpc) is 2.12. The van der Waals surface area contributed by atoms with E-state index in [4.69, 9.17) is 5.11 Å². The summed E-state index contributed by atoms with van der Waals surface area (Å²) in [5, 5.41) is 22.0. The average molecular weight is 321 g/mol. The van der Waals surface area contributed by atoms with Gasteiger partial charge in [-0.25, -0.2) is 0 Å². The lowest BCUT2D eigenvalue weighted by molar-refractivity contribution is -0.386. The summed E-state index contributed by atoms with van der Waals surface area (Å²) in [6, 6.07) is 1.75. The van der Waals surface area contributed by atoms with Gasteiger partial charge in [-0.15, -0.1) is 0 Å². The van der Waals surface area contributed by atoms with Gasteiger partial charge in [0.2, 0.25) is 5.82 Å². The van der Waals surface area contributed by atoms with Crippen molar-refractivity contribution in [3.8, 4) is 0 Å². The quantitative estimate of drug-likeness (QED) is 0.642. The molecule has 0 aliphatic rings. The molecule has 1 rings (SSSR count). The van der Waals surface area contributed by atoms with E-state index in [9.17, 15) is 19.3 Å². The fourth-order valence-corrected chi connectivity index (χ4v) is 1.87. The molecule has 0 heterocycles. The Bertz CT molecular complexity index is 495. The smallest absolute Gasteiger partial charge is 0.327 e. The van der Waals surface area contributed by atoms with Crippen LogP contribution >= 0.6 is 15.9 Å². The zero-order valence-electron chi connectivity index (χ0n) is 9.31. The molecule has 1 atom stereocenters. The summed E-state index contributed by atoms with van der Waals surface area (Å²) in [4.78, 5) is 20.4. The topological polar surface area (TPSA) is 92.5 Å². The summed E-state index contributed by atoms with van der Waals surface area (Å²) in [5.41, 5.74) is -0.754. The minimum absolute atomic E-state index is 0.0550. The van der Waals surface area contributed by atoms with Crippen LogP contribution in [-0.2, 0) is 4.79 Å². The molecule has 0 aliphatic carbocycles. The van der Waals surface area contributed by atoms with Crippen molar-refractivity contribution in [1.29, 1.82) is 0 Å². The number of benzene rings is 1. The van der Waals surface area contributed by atoms with E-state index in [0.717, 1.165) is 6.07 Å². The van der Waals surface area contributed by atoms with Crippen LogP contribution in [0.3, 0.4) is 0 Å². The monoisotopic (exact) mass is 320 g/mol. The first-order chi connectivity index (χ1) is 8.31. The maximum absolute atomic E-state index is 13.4. The summed E-state index contributed by atoms with van der Waals surface area (Å²) in [6.07, 6.45) is -0.231. The molecule has 0 aliphatic heterocycles. The van der Waals surface area contributed by atoms with Gasteiger partial charge in [0, 0.05) is 10.5 Å². The van der Waals surface area contributed by atoms with E-state index in [-0.39, 0.29) is 12.1 Å². The number of aliphatic carboxylic acids is 1. The van der Waals surface area contributed by atoms with Crippen LogP contribution in [0.5, 0.6) is 0 Å². The van der Waals surface area contributed by atoms with Crippen molar-refractivity contribution in [2.24, 2.45) is 0 Å². The van der Waals surface area contributed by atoms with Crippen molar-refractivity contribution in [1.82, 2.24) is 0 Å². The molecular formula is C10H10BrFN2O4. The van der Waals surface area contributed by atoms with Gasteiger partial charge in [0.25, 0.3) is 0 Å². The van der Waals surface area contributed by atoms with Gasteiger partial charge in [0.05, 0.1) is 11.3 Å². The molecule has 0 amide bonds. The minimum atomic E-state index is -1.05.